The Morgan fingerprint density at radius 1 is 1.29 bits per heavy atom. The molecule has 21 heavy (non-hydrogen) atoms. The number of alkyl halides is 3. The summed E-state index contributed by atoms with van der Waals surface area (Å²) in [6, 6.07) is 1.80. The van der Waals surface area contributed by atoms with Crippen molar-refractivity contribution in [2.45, 2.75) is 40.3 Å². The van der Waals surface area contributed by atoms with Gasteiger partial charge in [0.05, 0.1) is 5.56 Å². The summed E-state index contributed by atoms with van der Waals surface area (Å²) in [4.78, 5) is 0. The molecule has 1 rings (SSSR count). The number of halogens is 3. The third-order valence-electron chi connectivity index (χ3n) is 3.42. The van der Waals surface area contributed by atoms with Crippen molar-refractivity contribution in [2.24, 2.45) is 5.73 Å². The van der Waals surface area contributed by atoms with Gasteiger partial charge in [-0.3, -0.25) is 0 Å². The topological polar surface area (TPSA) is 46.2 Å². The fraction of sp³-hybridized carbons (Fsp3) is 0.375. The highest BCUT2D eigenvalue weighted by atomic mass is 19.4. The number of aryl methyl sites for hydroxylation is 1. The van der Waals surface area contributed by atoms with Crippen molar-refractivity contribution in [3.05, 3.63) is 46.2 Å². The molecule has 0 radical (unpaired) electrons. The van der Waals surface area contributed by atoms with Crippen molar-refractivity contribution in [3.63, 3.8) is 0 Å². The summed E-state index contributed by atoms with van der Waals surface area (Å²) in [5, 5.41) is 9.96. The van der Waals surface area contributed by atoms with Crippen molar-refractivity contribution >= 4 is 5.57 Å². The van der Waals surface area contributed by atoms with Crippen LogP contribution in [0.4, 0.5) is 13.2 Å². The second-order valence-corrected chi connectivity index (χ2v) is 5.07. The average Bonchev–Trinajstić information content (AvgIpc) is 2.36. The minimum atomic E-state index is -4.47. The van der Waals surface area contributed by atoms with Crippen molar-refractivity contribution in [1.82, 2.24) is 0 Å². The Morgan fingerprint density at radius 3 is 2.29 bits per heavy atom. The molecular formula is C16H20F3NO. The van der Waals surface area contributed by atoms with Gasteiger partial charge in [-0.1, -0.05) is 6.92 Å². The summed E-state index contributed by atoms with van der Waals surface area (Å²) >= 11 is 0. The lowest BCUT2D eigenvalue weighted by Gasteiger charge is -2.15. The lowest BCUT2D eigenvalue weighted by molar-refractivity contribution is -0.137. The van der Waals surface area contributed by atoms with Crippen LogP contribution in [0, 0.1) is 6.92 Å². The van der Waals surface area contributed by atoms with Gasteiger partial charge in [-0.2, -0.15) is 13.2 Å². The fourth-order valence-corrected chi connectivity index (χ4v) is 2.11. The Hall–Kier alpha value is -1.91. The molecule has 0 amide bonds. The second kappa shape index (κ2) is 6.24. The second-order valence-electron chi connectivity index (χ2n) is 5.07. The van der Waals surface area contributed by atoms with Crippen LogP contribution in [-0.4, -0.2) is 5.11 Å². The molecule has 0 fully saturated rings. The largest absolute Gasteiger partial charge is 0.507 e. The molecular weight excluding hydrogens is 279 g/mol. The van der Waals surface area contributed by atoms with Crippen LogP contribution in [0.5, 0.6) is 5.75 Å². The van der Waals surface area contributed by atoms with E-state index in [9.17, 15) is 18.3 Å². The highest BCUT2D eigenvalue weighted by Gasteiger charge is 2.32. The molecule has 0 aliphatic heterocycles. The van der Waals surface area contributed by atoms with Gasteiger partial charge in [0.25, 0.3) is 0 Å². The third-order valence-corrected chi connectivity index (χ3v) is 3.42. The molecule has 0 aliphatic carbocycles. The number of benzene rings is 1. The molecule has 0 bridgehead atoms. The van der Waals surface area contributed by atoms with Gasteiger partial charge in [0, 0.05) is 11.3 Å². The predicted molar refractivity (Wildman–Crippen MR) is 78.7 cm³/mol. The Labute approximate surface area is 122 Å². The molecule has 0 atom stereocenters. The molecule has 0 saturated heterocycles. The fourth-order valence-electron chi connectivity index (χ4n) is 2.11. The number of hydrogen-bond acceptors (Lipinski definition) is 2. The summed E-state index contributed by atoms with van der Waals surface area (Å²) in [7, 11) is 0. The molecule has 116 valence electrons. The number of hydrogen-bond donors (Lipinski definition) is 2. The van der Waals surface area contributed by atoms with Crippen LogP contribution < -0.4 is 5.73 Å². The Balaban J connectivity index is 3.42. The number of aromatic hydroxyl groups is 1. The summed E-state index contributed by atoms with van der Waals surface area (Å²) < 4.78 is 38.1. The van der Waals surface area contributed by atoms with Crippen LogP contribution in [0.3, 0.4) is 0 Å². The predicted octanol–water partition coefficient (Wildman–Crippen LogP) is 4.77. The maximum Gasteiger partial charge on any atom is 0.416 e. The van der Waals surface area contributed by atoms with E-state index in [2.05, 4.69) is 0 Å². The van der Waals surface area contributed by atoms with Gasteiger partial charge in [-0.05, 0) is 62.1 Å². The first-order valence-electron chi connectivity index (χ1n) is 6.62. The SMILES string of the molecule is CC/C(N)=C/C(C)=C(\C)c1c(C)cc(C(F)(F)F)cc1O. The van der Waals surface area contributed by atoms with Gasteiger partial charge in [0.1, 0.15) is 5.75 Å². The van der Waals surface area contributed by atoms with E-state index in [1.165, 1.54) is 0 Å². The first-order valence-corrected chi connectivity index (χ1v) is 6.62. The summed E-state index contributed by atoms with van der Waals surface area (Å²) in [6.45, 7) is 7.03. The molecule has 0 heterocycles. The Kier molecular flexibility index (Phi) is 5.10. The highest BCUT2D eigenvalue weighted by molar-refractivity contribution is 5.75. The number of phenolic OH excluding ortho intramolecular Hbond substituents is 1. The number of allylic oxidation sites excluding steroid dienone is 4. The van der Waals surface area contributed by atoms with Crippen LogP contribution in [0.1, 0.15) is 43.9 Å². The molecule has 0 spiro atoms. The van der Waals surface area contributed by atoms with Gasteiger partial charge in [-0.15, -0.1) is 0 Å². The van der Waals surface area contributed by atoms with Gasteiger partial charge in [0.2, 0.25) is 0 Å². The van der Waals surface area contributed by atoms with E-state index in [4.69, 9.17) is 5.73 Å². The van der Waals surface area contributed by atoms with Gasteiger partial charge in [-0.25, -0.2) is 0 Å². The van der Waals surface area contributed by atoms with Crippen molar-refractivity contribution < 1.29 is 18.3 Å². The maximum atomic E-state index is 12.7. The lowest BCUT2D eigenvalue weighted by Crippen LogP contribution is -2.06. The minimum absolute atomic E-state index is 0.373. The maximum absolute atomic E-state index is 12.7. The van der Waals surface area contributed by atoms with Gasteiger partial charge >= 0.3 is 6.18 Å². The first kappa shape index (κ1) is 17.1. The lowest BCUT2D eigenvalue weighted by atomic mass is 9.94. The molecule has 0 aliphatic rings. The zero-order valence-corrected chi connectivity index (χ0v) is 12.6. The van der Waals surface area contributed by atoms with E-state index in [0.29, 0.717) is 28.8 Å². The smallest absolute Gasteiger partial charge is 0.416 e. The van der Waals surface area contributed by atoms with Crippen LogP contribution in [0.15, 0.2) is 29.5 Å². The number of phenols is 1. The summed E-state index contributed by atoms with van der Waals surface area (Å²) in [5.41, 5.74) is 7.90. The quantitative estimate of drug-likeness (QED) is 0.790. The standard InChI is InChI=1S/C16H20F3NO/c1-5-13(20)7-9(2)11(4)15-10(3)6-12(8-14(15)21)16(17,18)19/h6-8,21H,5,20H2,1-4H3/b11-9+,13-7-. The van der Waals surface area contributed by atoms with Crippen LogP contribution in [0.25, 0.3) is 5.57 Å². The summed E-state index contributed by atoms with van der Waals surface area (Å²) in [5.74, 6) is -0.373. The Morgan fingerprint density at radius 2 is 1.86 bits per heavy atom. The molecule has 5 heteroatoms. The zero-order chi connectivity index (χ0) is 16.4. The van der Waals surface area contributed by atoms with E-state index in [0.717, 1.165) is 17.7 Å². The van der Waals surface area contributed by atoms with E-state index < -0.39 is 11.7 Å². The molecule has 1 aromatic rings. The number of rotatable bonds is 3. The van der Waals surface area contributed by atoms with Crippen LogP contribution >= 0.6 is 0 Å². The van der Waals surface area contributed by atoms with E-state index in [-0.39, 0.29) is 5.75 Å². The van der Waals surface area contributed by atoms with Crippen molar-refractivity contribution in [2.75, 3.05) is 0 Å². The van der Waals surface area contributed by atoms with Crippen LogP contribution in [-0.2, 0) is 6.18 Å². The van der Waals surface area contributed by atoms with Gasteiger partial charge in [0.15, 0.2) is 0 Å². The van der Waals surface area contributed by atoms with E-state index in [1.807, 2.05) is 13.8 Å². The van der Waals surface area contributed by atoms with E-state index >= 15 is 0 Å². The van der Waals surface area contributed by atoms with Gasteiger partial charge < -0.3 is 10.8 Å². The molecule has 0 saturated carbocycles. The minimum Gasteiger partial charge on any atom is -0.507 e. The third kappa shape index (κ3) is 4.03. The van der Waals surface area contributed by atoms with Crippen LogP contribution in [0.2, 0.25) is 0 Å². The molecule has 1 aromatic carbocycles. The normalized spacial score (nSPS) is 14.1. The summed E-state index contributed by atoms with van der Waals surface area (Å²) in [6.07, 6.45) is -2.02. The number of nitrogens with two attached hydrogens (primary N) is 1. The Bertz CT molecular complexity index is 575. The van der Waals surface area contributed by atoms with E-state index in [1.54, 1.807) is 19.9 Å². The highest BCUT2D eigenvalue weighted by Crippen LogP contribution is 2.37. The molecule has 0 unspecified atom stereocenters. The molecule has 3 N–H and O–H groups in total. The average molecular weight is 299 g/mol. The molecule has 2 nitrogen and oxygen atoms in total. The molecule has 0 aromatic heterocycles. The van der Waals surface area contributed by atoms with Crippen molar-refractivity contribution in [3.8, 4) is 5.75 Å². The van der Waals surface area contributed by atoms with Crippen molar-refractivity contribution in [1.29, 1.82) is 0 Å². The monoisotopic (exact) mass is 299 g/mol. The first-order chi connectivity index (χ1) is 9.57. The zero-order valence-electron chi connectivity index (χ0n) is 12.6.